The number of aromatic amines is 1. The Morgan fingerprint density at radius 1 is 0.857 bits per heavy atom. The molecule has 2 aliphatic rings. The topological polar surface area (TPSA) is 188 Å². The lowest BCUT2D eigenvalue weighted by Gasteiger charge is -2.37. The predicted molar refractivity (Wildman–Crippen MR) is 213 cm³/mol. The molecule has 2 aromatic carbocycles. The Hall–Kier alpha value is -5.51. The molecule has 6 rings (SSSR count). The maximum atomic E-state index is 13.7. The summed E-state index contributed by atoms with van der Waals surface area (Å²) in [6.07, 6.45) is 3.17. The number of aromatic nitrogens is 3. The first-order valence-corrected chi connectivity index (χ1v) is 19.7. The van der Waals surface area contributed by atoms with E-state index >= 15 is 0 Å². The van der Waals surface area contributed by atoms with Gasteiger partial charge in [0.15, 0.2) is 5.13 Å². The van der Waals surface area contributed by atoms with Crippen LogP contribution in [0.15, 0.2) is 48.7 Å². The van der Waals surface area contributed by atoms with Gasteiger partial charge in [-0.05, 0) is 73.3 Å². The van der Waals surface area contributed by atoms with Crippen LogP contribution in [0.2, 0.25) is 0 Å². The summed E-state index contributed by atoms with van der Waals surface area (Å²) >= 11 is 1.36. The second-order valence-corrected chi connectivity index (χ2v) is 16.2. The second kappa shape index (κ2) is 16.7. The fraction of sp³-hybridized carbons (Fsp3) is 0.475. The molecule has 4 unspecified atom stereocenters. The Morgan fingerprint density at radius 2 is 1.48 bits per heavy atom. The number of thiazole rings is 1. The fourth-order valence-electron chi connectivity index (χ4n) is 7.54. The number of fused-ring (bicyclic) bond motifs is 1. The van der Waals surface area contributed by atoms with Gasteiger partial charge in [0.2, 0.25) is 17.7 Å². The number of carbonyl (C=O) groups excluding carboxylic acids is 5. The Morgan fingerprint density at radius 3 is 2.12 bits per heavy atom. The Labute approximate surface area is 329 Å². The molecule has 4 atom stereocenters. The van der Waals surface area contributed by atoms with E-state index in [0.29, 0.717) is 36.9 Å². The highest BCUT2D eigenvalue weighted by Crippen LogP contribution is 2.39. The maximum Gasteiger partial charge on any atom is 0.407 e. The normalized spacial score (nSPS) is 19.3. The molecule has 0 bridgehead atoms. The van der Waals surface area contributed by atoms with Crippen molar-refractivity contribution in [3.05, 3.63) is 54.5 Å². The standard InChI is InChI=1S/C40H50N8O7S/c1-22(2)31(44-38(52)54-6)34(50)47-18-8-10-29(47)33(49)46-37-43-27-16-15-26(20-30(27)56-37)24-11-13-25(14-12-24)28-21-41-36(42-28)40(5)17-9-19-48(40)35(51)32(23(3)4)45-39(53)55-7/h11-16,20-23,29,31-32H,8-10,17-19H2,1-7H3,(H,41,42)(H,44,52)(H,45,53)(H,43,46,49). The molecular formula is C40H50N8O7S. The van der Waals surface area contributed by atoms with Gasteiger partial charge in [0.05, 0.1) is 41.9 Å². The summed E-state index contributed by atoms with van der Waals surface area (Å²) in [6.45, 7) is 10.4. The minimum absolute atomic E-state index is 0.133. The summed E-state index contributed by atoms with van der Waals surface area (Å²) in [5, 5.41) is 8.67. The molecule has 4 N–H and O–H groups in total. The first-order valence-electron chi connectivity index (χ1n) is 18.9. The zero-order chi connectivity index (χ0) is 40.3. The maximum absolute atomic E-state index is 13.7. The summed E-state index contributed by atoms with van der Waals surface area (Å²) in [5.74, 6) is -0.445. The van der Waals surface area contributed by atoms with E-state index in [1.165, 1.54) is 30.5 Å². The first kappa shape index (κ1) is 40.2. The van der Waals surface area contributed by atoms with Gasteiger partial charge in [-0.2, -0.15) is 0 Å². The lowest BCUT2D eigenvalue weighted by Crippen LogP contribution is -2.55. The summed E-state index contributed by atoms with van der Waals surface area (Å²) in [5.41, 5.74) is 3.80. The van der Waals surface area contributed by atoms with E-state index in [1.54, 1.807) is 6.20 Å². The Bertz CT molecular complexity index is 2100. The highest BCUT2D eigenvalue weighted by Gasteiger charge is 2.46. The number of ether oxygens (including phenoxy) is 2. The third-order valence-electron chi connectivity index (χ3n) is 10.8. The first-order chi connectivity index (χ1) is 26.7. The molecule has 4 aromatic rings. The largest absolute Gasteiger partial charge is 0.453 e. The number of H-pyrrole nitrogens is 1. The van der Waals surface area contributed by atoms with Gasteiger partial charge in [-0.1, -0.05) is 69.4 Å². The van der Waals surface area contributed by atoms with Crippen LogP contribution in [-0.2, 0) is 29.4 Å². The number of alkyl carbamates (subject to hydrolysis) is 2. The van der Waals surface area contributed by atoms with E-state index in [4.69, 9.17) is 14.5 Å². The van der Waals surface area contributed by atoms with Crippen molar-refractivity contribution in [1.29, 1.82) is 0 Å². The van der Waals surface area contributed by atoms with E-state index in [9.17, 15) is 24.0 Å². The van der Waals surface area contributed by atoms with Gasteiger partial charge in [0.1, 0.15) is 23.9 Å². The van der Waals surface area contributed by atoms with E-state index < -0.39 is 35.9 Å². The zero-order valence-corrected chi connectivity index (χ0v) is 33.6. The lowest BCUT2D eigenvalue weighted by atomic mass is 9.95. The number of imidazole rings is 1. The van der Waals surface area contributed by atoms with Crippen LogP contribution in [-0.4, -0.2) is 100 Å². The van der Waals surface area contributed by atoms with Gasteiger partial charge in [0.25, 0.3) is 0 Å². The van der Waals surface area contributed by atoms with Gasteiger partial charge in [0, 0.05) is 13.1 Å². The van der Waals surface area contributed by atoms with Crippen LogP contribution in [0, 0.1) is 11.8 Å². The molecule has 4 heterocycles. The third-order valence-corrected chi connectivity index (χ3v) is 11.7. The zero-order valence-electron chi connectivity index (χ0n) is 32.8. The number of nitrogens with zero attached hydrogens (tertiary/aromatic N) is 4. The molecule has 0 radical (unpaired) electrons. The van der Waals surface area contributed by atoms with Gasteiger partial charge >= 0.3 is 12.2 Å². The number of hydrogen-bond donors (Lipinski definition) is 4. The SMILES string of the molecule is COC(=O)NC(C(=O)N1CCCC1C(=O)Nc1nc2ccc(-c3ccc(-c4cnc(C5(C)CCCN5C(=O)C(NC(=O)OC)C(C)C)[nH]4)cc3)cc2s1)C(C)C. The summed E-state index contributed by atoms with van der Waals surface area (Å²) in [7, 11) is 2.53. The molecular weight excluding hydrogens is 737 g/mol. The van der Waals surface area contributed by atoms with Crippen LogP contribution in [0.1, 0.15) is 66.1 Å². The van der Waals surface area contributed by atoms with Crippen molar-refractivity contribution in [2.24, 2.45) is 11.8 Å². The fourth-order valence-corrected chi connectivity index (χ4v) is 8.45. The van der Waals surface area contributed by atoms with E-state index in [0.717, 1.165) is 45.4 Å². The molecule has 56 heavy (non-hydrogen) atoms. The van der Waals surface area contributed by atoms with Crippen molar-refractivity contribution in [3.8, 4) is 22.4 Å². The van der Waals surface area contributed by atoms with Gasteiger partial charge in [-0.15, -0.1) is 0 Å². The minimum Gasteiger partial charge on any atom is -0.453 e. The van der Waals surface area contributed by atoms with Crippen LogP contribution in [0.5, 0.6) is 0 Å². The third kappa shape index (κ3) is 8.20. The molecule has 0 spiro atoms. The molecule has 2 saturated heterocycles. The van der Waals surface area contributed by atoms with Crippen molar-refractivity contribution in [1.82, 2.24) is 35.4 Å². The summed E-state index contributed by atoms with van der Waals surface area (Å²) in [4.78, 5) is 80.7. The predicted octanol–water partition coefficient (Wildman–Crippen LogP) is 5.88. The van der Waals surface area contributed by atoms with E-state index in [-0.39, 0.29) is 29.6 Å². The number of hydrogen-bond acceptors (Lipinski definition) is 10. The molecule has 298 valence electrons. The molecule has 2 aliphatic heterocycles. The van der Waals surface area contributed by atoms with Crippen molar-refractivity contribution in [3.63, 3.8) is 0 Å². The highest BCUT2D eigenvalue weighted by molar-refractivity contribution is 7.22. The summed E-state index contributed by atoms with van der Waals surface area (Å²) < 4.78 is 10.4. The van der Waals surface area contributed by atoms with Gasteiger partial charge in [-0.3, -0.25) is 14.4 Å². The van der Waals surface area contributed by atoms with Crippen LogP contribution in [0.3, 0.4) is 0 Å². The van der Waals surface area contributed by atoms with Crippen LogP contribution < -0.4 is 16.0 Å². The molecule has 0 aliphatic carbocycles. The van der Waals surface area contributed by atoms with Crippen molar-refractivity contribution in [2.75, 3.05) is 32.6 Å². The molecule has 5 amide bonds. The number of rotatable bonds is 11. The van der Waals surface area contributed by atoms with E-state index in [1.807, 2.05) is 82.0 Å². The van der Waals surface area contributed by atoms with Gasteiger partial charge < -0.3 is 40.2 Å². The molecule has 15 nitrogen and oxygen atoms in total. The minimum atomic E-state index is -0.812. The molecule has 2 aromatic heterocycles. The van der Waals surface area contributed by atoms with Gasteiger partial charge in [-0.25, -0.2) is 19.6 Å². The number of nitrogens with one attached hydrogen (secondary N) is 4. The Kier molecular flexibility index (Phi) is 12.0. The van der Waals surface area contributed by atoms with Crippen molar-refractivity contribution >= 4 is 56.6 Å². The van der Waals surface area contributed by atoms with E-state index in [2.05, 4.69) is 25.9 Å². The van der Waals surface area contributed by atoms with Crippen molar-refractivity contribution in [2.45, 2.75) is 84.0 Å². The average molecular weight is 787 g/mol. The van der Waals surface area contributed by atoms with Crippen LogP contribution in [0.25, 0.3) is 32.6 Å². The number of benzene rings is 2. The quantitative estimate of drug-likeness (QED) is 0.144. The van der Waals surface area contributed by atoms with Crippen molar-refractivity contribution < 1.29 is 33.4 Å². The average Bonchev–Trinajstić information content (AvgIpc) is 4.01. The molecule has 2 fully saturated rings. The number of anilines is 1. The second-order valence-electron chi connectivity index (χ2n) is 15.2. The number of likely N-dealkylation sites (tertiary alicyclic amines) is 2. The van der Waals surface area contributed by atoms with Crippen LogP contribution in [0.4, 0.5) is 14.7 Å². The Balaban J connectivity index is 1.13. The number of amides is 5. The van der Waals surface area contributed by atoms with Crippen LogP contribution >= 0.6 is 11.3 Å². The summed E-state index contributed by atoms with van der Waals surface area (Å²) in [6, 6.07) is 11.8. The highest BCUT2D eigenvalue weighted by atomic mass is 32.1. The molecule has 16 heteroatoms. The number of methoxy groups -OCH3 is 2. The monoisotopic (exact) mass is 786 g/mol. The lowest BCUT2D eigenvalue weighted by molar-refractivity contribution is -0.139. The smallest absolute Gasteiger partial charge is 0.407 e. The molecule has 0 saturated carbocycles. The number of carbonyl (C=O) groups is 5.